The molecular formula is C13H13BrClFN2O3. The van der Waals surface area contributed by atoms with E-state index in [1.165, 1.54) is 11.0 Å². The zero-order chi connectivity index (χ0) is 15.6. The first-order valence-electron chi connectivity index (χ1n) is 6.31. The topological polar surface area (TPSA) is 69.6 Å². The summed E-state index contributed by atoms with van der Waals surface area (Å²) in [5.41, 5.74) is 0.225. The average molecular weight is 380 g/mol. The molecule has 1 atom stereocenters. The molecule has 0 aliphatic carbocycles. The lowest BCUT2D eigenvalue weighted by Crippen LogP contribution is -2.44. The van der Waals surface area contributed by atoms with E-state index in [9.17, 15) is 14.0 Å². The molecule has 1 unspecified atom stereocenters. The van der Waals surface area contributed by atoms with Gasteiger partial charge in [-0.15, -0.1) is 0 Å². The van der Waals surface area contributed by atoms with Crippen molar-refractivity contribution in [3.8, 4) is 0 Å². The van der Waals surface area contributed by atoms with Gasteiger partial charge >= 0.3 is 12.0 Å². The number of likely N-dealkylation sites (tertiary alicyclic amines) is 1. The zero-order valence-electron chi connectivity index (χ0n) is 10.9. The van der Waals surface area contributed by atoms with E-state index in [0.717, 1.165) is 6.07 Å². The van der Waals surface area contributed by atoms with Crippen LogP contribution in [0.5, 0.6) is 0 Å². The fourth-order valence-corrected chi connectivity index (χ4v) is 2.63. The molecule has 0 aromatic heterocycles. The molecule has 0 saturated carbocycles. The van der Waals surface area contributed by atoms with Crippen LogP contribution in [0.3, 0.4) is 0 Å². The second-order valence-electron chi connectivity index (χ2n) is 4.81. The summed E-state index contributed by atoms with van der Waals surface area (Å²) in [5.74, 6) is -2.06. The van der Waals surface area contributed by atoms with Gasteiger partial charge in [0.2, 0.25) is 0 Å². The Morgan fingerprint density at radius 3 is 2.81 bits per heavy atom. The number of anilines is 1. The van der Waals surface area contributed by atoms with Crippen LogP contribution >= 0.6 is 27.5 Å². The van der Waals surface area contributed by atoms with Crippen LogP contribution in [0.25, 0.3) is 0 Å². The number of halogens is 3. The van der Waals surface area contributed by atoms with E-state index >= 15 is 0 Å². The van der Waals surface area contributed by atoms with Gasteiger partial charge in [0.1, 0.15) is 5.82 Å². The number of carboxylic acid groups (broad SMARTS) is 1. The highest BCUT2D eigenvalue weighted by atomic mass is 79.9. The highest BCUT2D eigenvalue weighted by molar-refractivity contribution is 9.10. The van der Waals surface area contributed by atoms with Crippen LogP contribution in [0.1, 0.15) is 12.8 Å². The predicted molar refractivity (Wildman–Crippen MR) is 80.1 cm³/mol. The molecule has 1 saturated heterocycles. The van der Waals surface area contributed by atoms with Crippen molar-refractivity contribution in [2.24, 2.45) is 5.92 Å². The third-order valence-electron chi connectivity index (χ3n) is 3.29. The van der Waals surface area contributed by atoms with Crippen molar-refractivity contribution < 1.29 is 19.1 Å². The number of urea groups is 1. The van der Waals surface area contributed by atoms with Crippen LogP contribution in [-0.2, 0) is 4.79 Å². The fourth-order valence-electron chi connectivity index (χ4n) is 2.19. The maximum absolute atomic E-state index is 13.5. The van der Waals surface area contributed by atoms with E-state index in [0.29, 0.717) is 19.4 Å². The van der Waals surface area contributed by atoms with E-state index in [1.54, 1.807) is 0 Å². The first kappa shape index (κ1) is 16.0. The van der Waals surface area contributed by atoms with E-state index in [2.05, 4.69) is 21.2 Å². The van der Waals surface area contributed by atoms with Crippen molar-refractivity contribution in [2.75, 3.05) is 18.4 Å². The van der Waals surface area contributed by atoms with Gasteiger partial charge in [0.15, 0.2) is 0 Å². The summed E-state index contributed by atoms with van der Waals surface area (Å²) >= 11 is 8.81. The van der Waals surface area contributed by atoms with Gasteiger partial charge in [-0.2, -0.15) is 0 Å². The van der Waals surface area contributed by atoms with Crippen molar-refractivity contribution in [3.05, 3.63) is 27.4 Å². The molecule has 1 heterocycles. The second kappa shape index (κ2) is 6.62. The molecule has 0 bridgehead atoms. The largest absolute Gasteiger partial charge is 0.481 e. The molecular weight excluding hydrogens is 367 g/mol. The molecule has 2 amide bonds. The van der Waals surface area contributed by atoms with Crippen molar-refractivity contribution in [1.29, 1.82) is 0 Å². The summed E-state index contributed by atoms with van der Waals surface area (Å²) in [5, 5.41) is 11.7. The maximum Gasteiger partial charge on any atom is 0.321 e. The van der Waals surface area contributed by atoms with Gasteiger partial charge in [-0.1, -0.05) is 11.6 Å². The number of nitrogens with zero attached hydrogens (tertiary/aromatic N) is 1. The number of piperidine rings is 1. The molecule has 1 aliphatic rings. The third kappa shape index (κ3) is 3.85. The van der Waals surface area contributed by atoms with Gasteiger partial charge in [0.25, 0.3) is 0 Å². The molecule has 1 aliphatic heterocycles. The third-order valence-corrected chi connectivity index (χ3v) is 4.63. The first-order chi connectivity index (χ1) is 9.88. The Labute approximate surface area is 134 Å². The number of hydrogen-bond donors (Lipinski definition) is 2. The lowest BCUT2D eigenvalue weighted by atomic mass is 9.99. The van der Waals surface area contributed by atoms with Gasteiger partial charge < -0.3 is 15.3 Å². The predicted octanol–water partition coefficient (Wildman–Crippen LogP) is 3.57. The maximum atomic E-state index is 13.5. The first-order valence-corrected chi connectivity index (χ1v) is 7.49. The number of benzene rings is 1. The van der Waals surface area contributed by atoms with Crippen molar-refractivity contribution >= 4 is 45.2 Å². The summed E-state index contributed by atoms with van der Waals surface area (Å²) < 4.78 is 13.7. The molecule has 2 N–H and O–H groups in total. The molecule has 2 rings (SSSR count). The average Bonchev–Trinajstić information content (AvgIpc) is 2.44. The van der Waals surface area contributed by atoms with Gasteiger partial charge in [-0.25, -0.2) is 9.18 Å². The number of carboxylic acids is 1. The Morgan fingerprint density at radius 1 is 1.48 bits per heavy atom. The molecule has 5 nitrogen and oxygen atoms in total. The van der Waals surface area contributed by atoms with Crippen LogP contribution in [0, 0.1) is 11.7 Å². The SMILES string of the molecule is O=C(O)C1CCCN(C(=O)Nc2cc(F)c(Br)c(Cl)c2)C1. The normalized spacial score (nSPS) is 18.4. The number of nitrogens with one attached hydrogen (secondary N) is 1. The summed E-state index contributed by atoms with van der Waals surface area (Å²) in [6.45, 7) is 0.621. The van der Waals surface area contributed by atoms with Crippen LogP contribution in [-0.4, -0.2) is 35.1 Å². The van der Waals surface area contributed by atoms with E-state index in [-0.39, 0.29) is 21.7 Å². The van der Waals surface area contributed by atoms with Crippen molar-refractivity contribution in [3.63, 3.8) is 0 Å². The summed E-state index contributed by atoms with van der Waals surface area (Å²) in [6.07, 6.45) is 1.18. The van der Waals surface area contributed by atoms with E-state index in [4.69, 9.17) is 16.7 Å². The van der Waals surface area contributed by atoms with Crippen molar-refractivity contribution in [1.82, 2.24) is 4.90 Å². The second-order valence-corrected chi connectivity index (χ2v) is 6.01. The quantitative estimate of drug-likeness (QED) is 0.772. The fraction of sp³-hybridized carbons (Fsp3) is 0.385. The molecule has 0 radical (unpaired) electrons. The number of rotatable bonds is 2. The Morgan fingerprint density at radius 2 is 2.19 bits per heavy atom. The highest BCUT2D eigenvalue weighted by Gasteiger charge is 2.28. The van der Waals surface area contributed by atoms with E-state index in [1.807, 2.05) is 0 Å². The molecule has 1 fully saturated rings. The smallest absolute Gasteiger partial charge is 0.321 e. The Hall–Kier alpha value is -1.34. The van der Waals surface area contributed by atoms with Gasteiger partial charge in [-0.05, 0) is 40.9 Å². The molecule has 21 heavy (non-hydrogen) atoms. The monoisotopic (exact) mass is 378 g/mol. The van der Waals surface area contributed by atoms with Gasteiger partial charge in [0, 0.05) is 18.8 Å². The summed E-state index contributed by atoms with van der Waals surface area (Å²) in [6, 6.07) is 2.11. The van der Waals surface area contributed by atoms with Crippen LogP contribution < -0.4 is 5.32 Å². The van der Waals surface area contributed by atoms with Gasteiger partial charge in [0.05, 0.1) is 15.4 Å². The molecule has 8 heteroatoms. The molecule has 1 aromatic carbocycles. The molecule has 0 spiro atoms. The van der Waals surface area contributed by atoms with Crippen LogP contribution in [0.4, 0.5) is 14.9 Å². The minimum absolute atomic E-state index is 0.131. The molecule has 1 aromatic rings. The number of hydrogen-bond acceptors (Lipinski definition) is 2. The number of amides is 2. The van der Waals surface area contributed by atoms with Crippen LogP contribution in [0.2, 0.25) is 5.02 Å². The molecule has 114 valence electrons. The Bertz CT molecular complexity index is 562. The van der Waals surface area contributed by atoms with Crippen molar-refractivity contribution in [2.45, 2.75) is 12.8 Å². The summed E-state index contributed by atoms with van der Waals surface area (Å²) in [7, 11) is 0. The Balaban J connectivity index is 2.06. The number of aliphatic carboxylic acids is 1. The minimum atomic E-state index is -0.912. The standard InChI is InChI=1S/C13H13BrClFN2O3/c14-11-9(15)4-8(5-10(11)16)17-13(21)18-3-1-2-7(6-18)12(19)20/h4-5,7H,1-3,6H2,(H,17,21)(H,19,20). The number of carbonyl (C=O) groups excluding carboxylic acids is 1. The van der Waals surface area contributed by atoms with E-state index < -0.39 is 23.7 Å². The lowest BCUT2D eigenvalue weighted by molar-refractivity contribution is -0.143. The Kier molecular flexibility index (Phi) is 5.05. The van der Waals surface area contributed by atoms with Gasteiger partial charge in [-0.3, -0.25) is 4.79 Å². The lowest BCUT2D eigenvalue weighted by Gasteiger charge is -2.30. The summed E-state index contributed by atoms with van der Waals surface area (Å²) in [4.78, 5) is 24.5. The zero-order valence-corrected chi connectivity index (χ0v) is 13.2. The van der Waals surface area contributed by atoms with Crippen LogP contribution in [0.15, 0.2) is 16.6 Å². The number of carbonyl (C=O) groups is 2. The highest BCUT2D eigenvalue weighted by Crippen LogP contribution is 2.29. The minimum Gasteiger partial charge on any atom is -0.481 e.